The molecule has 2 aliphatic rings. The molecule has 3 heterocycles. The Morgan fingerprint density at radius 2 is 1.79 bits per heavy atom. The Balaban J connectivity index is 1.50. The van der Waals surface area contributed by atoms with Crippen LogP contribution in [0.4, 0.5) is 0 Å². The van der Waals surface area contributed by atoms with E-state index in [1.807, 2.05) is 46.8 Å². The number of carbonyl (C=O) groups is 1. The van der Waals surface area contributed by atoms with E-state index in [4.69, 9.17) is 9.47 Å². The van der Waals surface area contributed by atoms with Gasteiger partial charge in [-0.25, -0.2) is 4.68 Å². The summed E-state index contributed by atoms with van der Waals surface area (Å²) in [6.45, 7) is 4.53. The largest absolute Gasteiger partial charge is 0.347 e. The molecule has 2 aromatic rings. The van der Waals surface area contributed by atoms with Crippen LogP contribution in [0.5, 0.6) is 0 Å². The molecule has 0 atom stereocenters. The molecular formula is C18H21N3O3. The Morgan fingerprint density at radius 3 is 2.46 bits per heavy atom. The Labute approximate surface area is 141 Å². The maximum absolute atomic E-state index is 12.9. The highest BCUT2D eigenvalue weighted by atomic mass is 16.7. The van der Waals surface area contributed by atoms with Crippen LogP contribution in [-0.4, -0.2) is 52.7 Å². The lowest BCUT2D eigenvalue weighted by Crippen LogP contribution is -2.47. The summed E-state index contributed by atoms with van der Waals surface area (Å²) in [5.41, 5.74) is 2.47. The number of carbonyl (C=O) groups excluding carboxylic acids is 1. The van der Waals surface area contributed by atoms with Gasteiger partial charge >= 0.3 is 0 Å². The fraction of sp³-hybridized carbons (Fsp3) is 0.444. The molecule has 6 heteroatoms. The van der Waals surface area contributed by atoms with Crippen molar-refractivity contribution in [1.29, 1.82) is 0 Å². The van der Waals surface area contributed by atoms with Crippen LogP contribution in [0.1, 0.15) is 28.9 Å². The quantitative estimate of drug-likeness (QED) is 0.848. The van der Waals surface area contributed by atoms with E-state index in [-0.39, 0.29) is 5.91 Å². The van der Waals surface area contributed by atoms with Gasteiger partial charge in [-0.15, -0.1) is 0 Å². The lowest BCUT2D eigenvalue weighted by Gasteiger charge is -2.37. The predicted octanol–water partition coefficient (Wildman–Crippen LogP) is 2.16. The Morgan fingerprint density at radius 1 is 1.12 bits per heavy atom. The van der Waals surface area contributed by atoms with Crippen LogP contribution < -0.4 is 0 Å². The fourth-order valence-electron chi connectivity index (χ4n) is 3.46. The first-order valence-electron chi connectivity index (χ1n) is 8.36. The lowest BCUT2D eigenvalue weighted by atomic mass is 10.0. The molecular weight excluding hydrogens is 306 g/mol. The Bertz CT molecular complexity index is 725. The van der Waals surface area contributed by atoms with Crippen molar-refractivity contribution in [2.24, 2.45) is 0 Å². The molecule has 1 amide bonds. The molecule has 4 rings (SSSR count). The summed E-state index contributed by atoms with van der Waals surface area (Å²) in [4.78, 5) is 14.7. The van der Waals surface area contributed by atoms with E-state index in [0.717, 1.165) is 24.2 Å². The highest BCUT2D eigenvalue weighted by Gasteiger charge is 2.41. The number of ether oxygens (including phenoxy) is 2. The van der Waals surface area contributed by atoms with Crippen molar-refractivity contribution in [3.05, 3.63) is 47.8 Å². The van der Waals surface area contributed by atoms with E-state index in [1.54, 1.807) is 6.20 Å². The van der Waals surface area contributed by atoms with Crippen LogP contribution in [0.2, 0.25) is 0 Å². The monoisotopic (exact) mass is 327 g/mol. The number of hydrogen-bond acceptors (Lipinski definition) is 4. The first-order chi connectivity index (χ1) is 11.7. The predicted molar refractivity (Wildman–Crippen MR) is 88.1 cm³/mol. The van der Waals surface area contributed by atoms with Gasteiger partial charge < -0.3 is 14.4 Å². The van der Waals surface area contributed by atoms with E-state index in [2.05, 4.69) is 5.10 Å². The summed E-state index contributed by atoms with van der Waals surface area (Å²) in [7, 11) is 0. The van der Waals surface area contributed by atoms with E-state index in [9.17, 15) is 4.79 Å². The van der Waals surface area contributed by atoms with Gasteiger partial charge in [-0.3, -0.25) is 4.79 Å². The van der Waals surface area contributed by atoms with Gasteiger partial charge in [0.25, 0.3) is 5.91 Å². The van der Waals surface area contributed by atoms with Crippen LogP contribution in [0.15, 0.2) is 36.5 Å². The van der Waals surface area contributed by atoms with E-state index < -0.39 is 5.79 Å². The average molecular weight is 327 g/mol. The number of amides is 1. The second kappa shape index (κ2) is 6.03. The van der Waals surface area contributed by atoms with Gasteiger partial charge in [-0.2, -0.15) is 5.10 Å². The maximum Gasteiger partial charge on any atom is 0.257 e. The van der Waals surface area contributed by atoms with Gasteiger partial charge in [0.2, 0.25) is 0 Å². The molecule has 0 saturated carbocycles. The number of hydrogen-bond donors (Lipinski definition) is 0. The topological polar surface area (TPSA) is 56.6 Å². The first kappa shape index (κ1) is 15.4. The summed E-state index contributed by atoms with van der Waals surface area (Å²) < 4.78 is 13.3. The average Bonchev–Trinajstić information content (AvgIpc) is 3.23. The summed E-state index contributed by atoms with van der Waals surface area (Å²) in [5, 5.41) is 4.39. The van der Waals surface area contributed by atoms with Crippen LogP contribution in [-0.2, 0) is 9.47 Å². The first-order valence-corrected chi connectivity index (χ1v) is 8.36. The number of benzene rings is 1. The van der Waals surface area contributed by atoms with Gasteiger partial charge in [0.05, 0.1) is 36.4 Å². The molecule has 0 unspecified atom stereocenters. The highest BCUT2D eigenvalue weighted by molar-refractivity contribution is 5.95. The molecule has 0 N–H and O–H groups in total. The highest BCUT2D eigenvalue weighted by Crippen LogP contribution is 2.32. The number of rotatable bonds is 2. The standard InChI is InChI=1S/C18H21N3O3/c1-14-16(13-19-21(14)15-5-3-2-4-6-15)17(22)20-9-7-18(8-10-20)23-11-12-24-18/h2-6,13H,7-12H2,1H3. The van der Waals surface area contributed by atoms with E-state index in [0.29, 0.717) is 31.9 Å². The minimum Gasteiger partial charge on any atom is -0.347 e. The van der Waals surface area contributed by atoms with Gasteiger partial charge in [-0.1, -0.05) is 18.2 Å². The molecule has 2 saturated heterocycles. The molecule has 1 aromatic carbocycles. The van der Waals surface area contributed by atoms with Gasteiger partial charge in [-0.05, 0) is 19.1 Å². The molecule has 0 bridgehead atoms. The lowest BCUT2D eigenvalue weighted by molar-refractivity contribution is -0.181. The third kappa shape index (κ3) is 2.61. The second-order valence-electron chi connectivity index (χ2n) is 6.29. The zero-order valence-electron chi connectivity index (χ0n) is 13.8. The zero-order chi connectivity index (χ0) is 16.6. The molecule has 2 aliphatic heterocycles. The van der Waals surface area contributed by atoms with Crippen molar-refractivity contribution >= 4 is 5.91 Å². The minimum absolute atomic E-state index is 0.0301. The number of aromatic nitrogens is 2. The van der Waals surface area contributed by atoms with Crippen molar-refractivity contribution in [2.75, 3.05) is 26.3 Å². The van der Waals surface area contributed by atoms with Gasteiger partial charge in [0, 0.05) is 25.9 Å². The van der Waals surface area contributed by atoms with Crippen LogP contribution in [0.3, 0.4) is 0 Å². The van der Waals surface area contributed by atoms with Crippen molar-refractivity contribution in [3.8, 4) is 5.69 Å². The molecule has 126 valence electrons. The van der Waals surface area contributed by atoms with Crippen LogP contribution in [0, 0.1) is 6.92 Å². The Hall–Kier alpha value is -2.18. The number of para-hydroxylation sites is 1. The van der Waals surface area contributed by atoms with Crippen LogP contribution in [0.25, 0.3) is 5.69 Å². The summed E-state index contributed by atoms with van der Waals surface area (Å²) in [5.74, 6) is -0.428. The normalized spacial score (nSPS) is 19.8. The van der Waals surface area contributed by atoms with Crippen LogP contribution >= 0.6 is 0 Å². The second-order valence-corrected chi connectivity index (χ2v) is 6.29. The van der Waals surface area contributed by atoms with E-state index in [1.165, 1.54) is 0 Å². The van der Waals surface area contributed by atoms with Gasteiger partial charge in [0.15, 0.2) is 5.79 Å². The molecule has 1 spiro atoms. The van der Waals surface area contributed by atoms with E-state index >= 15 is 0 Å². The summed E-state index contributed by atoms with van der Waals surface area (Å²) >= 11 is 0. The molecule has 6 nitrogen and oxygen atoms in total. The van der Waals surface area contributed by atoms with Crippen molar-refractivity contribution in [1.82, 2.24) is 14.7 Å². The molecule has 24 heavy (non-hydrogen) atoms. The fourth-order valence-corrected chi connectivity index (χ4v) is 3.46. The number of likely N-dealkylation sites (tertiary alicyclic amines) is 1. The molecule has 0 radical (unpaired) electrons. The van der Waals surface area contributed by atoms with Crippen molar-refractivity contribution < 1.29 is 14.3 Å². The third-order valence-corrected chi connectivity index (χ3v) is 4.87. The van der Waals surface area contributed by atoms with Crippen molar-refractivity contribution in [2.45, 2.75) is 25.6 Å². The van der Waals surface area contributed by atoms with Crippen molar-refractivity contribution in [3.63, 3.8) is 0 Å². The summed E-state index contributed by atoms with van der Waals surface area (Å²) in [6.07, 6.45) is 3.12. The smallest absolute Gasteiger partial charge is 0.257 e. The van der Waals surface area contributed by atoms with Gasteiger partial charge in [0.1, 0.15) is 0 Å². The Kier molecular flexibility index (Phi) is 3.86. The molecule has 2 fully saturated rings. The number of piperidine rings is 1. The third-order valence-electron chi connectivity index (χ3n) is 4.87. The number of nitrogens with zero attached hydrogens (tertiary/aromatic N) is 3. The minimum atomic E-state index is -0.458. The SMILES string of the molecule is Cc1c(C(=O)N2CCC3(CC2)OCCO3)cnn1-c1ccccc1. The maximum atomic E-state index is 12.9. The molecule has 0 aliphatic carbocycles. The summed E-state index contributed by atoms with van der Waals surface area (Å²) in [6, 6.07) is 9.85. The molecule has 1 aromatic heterocycles. The zero-order valence-corrected chi connectivity index (χ0v) is 13.8.